The maximum Gasteiger partial charge on any atom is 0.228 e. The van der Waals surface area contributed by atoms with Crippen molar-refractivity contribution in [1.29, 1.82) is 0 Å². The second-order valence-corrected chi connectivity index (χ2v) is 6.32. The van der Waals surface area contributed by atoms with Crippen molar-refractivity contribution in [3.63, 3.8) is 0 Å². The number of amides is 1. The van der Waals surface area contributed by atoms with Crippen molar-refractivity contribution in [3.05, 3.63) is 0 Å². The Kier molecular flexibility index (Phi) is 3.43. The fraction of sp³-hybridized carbons (Fsp3) is 0.923. The summed E-state index contributed by atoms with van der Waals surface area (Å²) in [7, 11) is 0. The van der Waals surface area contributed by atoms with Crippen molar-refractivity contribution < 1.29 is 9.18 Å². The molecule has 1 amide bonds. The Bertz CT molecular complexity index is 300. The van der Waals surface area contributed by atoms with Crippen LogP contribution in [0.3, 0.4) is 0 Å². The van der Waals surface area contributed by atoms with Crippen molar-refractivity contribution in [2.45, 2.75) is 45.8 Å². The highest BCUT2D eigenvalue weighted by Crippen LogP contribution is 2.25. The van der Waals surface area contributed by atoms with Crippen molar-refractivity contribution in [1.82, 2.24) is 9.80 Å². The molecule has 2 aliphatic rings. The van der Waals surface area contributed by atoms with Gasteiger partial charge in [0.25, 0.3) is 0 Å². The molecule has 0 spiro atoms. The SMILES string of the molecule is CC(C)(C)C(=O)N1CCC(N2CCC(F)C2)C1. The van der Waals surface area contributed by atoms with Gasteiger partial charge in [-0.05, 0) is 12.8 Å². The quantitative estimate of drug-likeness (QED) is 0.698. The predicted molar refractivity (Wildman–Crippen MR) is 65.5 cm³/mol. The molecule has 0 N–H and O–H groups in total. The van der Waals surface area contributed by atoms with Gasteiger partial charge in [0.2, 0.25) is 5.91 Å². The van der Waals surface area contributed by atoms with Crippen LogP contribution in [0.1, 0.15) is 33.6 Å². The third kappa shape index (κ3) is 2.79. The van der Waals surface area contributed by atoms with E-state index in [1.165, 1.54) is 0 Å². The molecule has 2 fully saturated rings. The van der Waals surface area contributed by atoms with Crippen LogP contribution in [0.5, 0.6) is 0 Å². The van der Waals surface area contributed by atoms with Gasteiger partial charge in [-0.25, -0.2) is 4.39 Å². The van der Waals surface area contributed by atoms with Crippen LogP contribution in [0.2, 0.25) is 0 Å². The zero-order valence-electron chi connectivity index (χ0n) is 11.1. The molecule has 3 nitrogen and oxygen atoms in total. The molecule has 2 saturated heterocycles. The lowest BCUT2D eigenvalue weighted by Crippen LogP contribution is -2.41. The van der Waals surface area contributed by atoms with E-state index in [0.29, 0.717) is 19.0 Å². The third-order valence-corrected chi connectivity index (χ3v) is 3.77. The van der Waals surface area contributed by atoms with Crippen molar-refractivity contribution in [2.75, 3.05) is 26.2 Å². The van der Waals surface area contributed by atoms with Crippen LogP contribution < -0.4 is 0 Å². The molecule has 2 heterocycles. The van der Waals surface area contributed by atoms with Gasteiger partial charge in [-0.3, -0.25) is 9.69 Å². The van der Waals surface area contributed by atoms with Gasteiger partial charge >= 0.3 is 0 Å². The molecule has 17 heavy (non-hydrogen) atoms. The number of carbonyl (C=O) groups is 1. The van der Waals surface area contributed by atoms with E-state index in [1.807, 2.05) is 25.7 Å². The van der Waals surface area contributed by atoms with E-state index in [9.17, 15) is 9.18 Å². The highest BCUT2D eigenvalue weighted by Gasteiger charge is 2.37. The smallest absolute Gasteiger partial charge is 0.228 e. The first kappa shape index (κ1) is 12.8. The zero-order chi connectivity index (χ0) is 12.6. The van der Waals surface area contributed by atoms with Crippen LogP contribution in [0, 0.1) is 5.41 Å². The van der Waals surface area contributed by atoms with E-state index >= 15 is 0 Å². The summed E-state index contributed by atoms with van der Waals surface area (Å²) >= 11 is 0. The summed E-state index contributed by atoms with van der Waals surface area (Å²) in [5.41, 5.74) is -0.303. The van der Waals surface area contributed by atoms with Gasteiger partial charge in [-0.2, -0.15) is 0 Å². The number of carbonyl (C=O) groups excluding carboxylic acids is 1. The number of hydrogen-bond acceptors (Lipinski definition) is 2. The first-order chi connectivity index (χ1) is 7.88. The fourth-order valence-corrected chi connectivity index (χ4v) is 2.77. The summed E-state index contributed by atoms with van der Waals surface area (Å²) in [6, 6.07) is 0.377. The molecule has 2 atom stereocenters. The fourth-order valence-electron chi connectivity index (χ4n) is 2.77. The van der Waals surface area contributed by atoms with Gasteiger partial charge in [0.05, 0.1) is 0 Å². The minimum Gasteiger partial charge on any atom is -0.341 e. The third-order valence-electron chi connectivity index (χ3n) is 3.77. The highest BCUT2D eigenvalue weighted by molar-refractivity contribution is 5.81. The summed E-state index contributed by atoms with van der Waals surface area (Å²) in [5, 5.41) is 0. The van der Waals surface area contributed by atoms with Crippen molar-refractivity contribution >= 4 is 5.91 Å². The largest absolute Gasteiger partial charge is 0.341 e. The molecule has 0 saturated carbocycles. The maximum absolute atomic E-state index is 13.1. The van der Waals surface area contributed by atoms with Crippen LogP contribution in [-0.4, -0.2) is 54.1 Å². The first-order valence-corrected chi connectivity index (χ1v) is 6.55. The van der Waals surface area contributed by atoms with Gasteiger partial charge in [-0.15, -0.1) is 0 Å². The summed E-state index contributed by atoms with van der Waals surface area (Å²) in [6.07, 6.45) is 0.987. The molecular weight excluding hydrogens is 219 g/mol. The van der Waals surface area contributed by atoms with E-state index in [-0.39, 0.29) is 11.3 Å². The lowest BCUT2D eigenvalue weighted by molar-refractivity contribution is -0.138. The molecule has 2 aliphatic heterocycles. The highest BCUT2D eigenvalue weighted by atomic mass is 19.1. The molecule has 0 aromatic heterocycles. The predicted octanol–water partition coefficient (Wildman–Crippen LogP) is 1.68. The van der Waals surface area contributed by atoms with Gasteiger partial charge in [0.1, 0.15) is 6.17 Å². The van der Waals surface area contributed by atoms with Crippen molar-refractivity contribution in [2.24, 2.45) is 5.41 Å². The summed E-state index contributed by atoms with van der Waals surface area (Å²) < 4.78 is 13.1. The Labute approximate surface area is 103 Å². The molecule has 4 heteroatoms. The van der Waals surface area contributed by atoms with E-state index in [4.69, 9.17) is 0 Å². The first-order valence-electron chi connectivity index (χ1n) is 6.55. The van der Waals surface area contributed by atoms with Crippen LogP contribution in [0.4, 0.5) is 4.39 Å². The van der Waals surface area contributed by atoms with Crippen LogP contribution in [0.15, 0.2) is 0 Å². The Hall–Kier alpha value is -0.640. The normalized spacial score (nSPS) is 31.2. The van der Waals surface area contributed by atoms with Crippen molar-refractivity contribution in [3.8, 4) is 0 Å². The standard InChI is InChI=1S/C13H23FN2O/c1-13(2,3)12(17)16-7-5-11(9-16)15-6-4-10(14)8-15/h10-11H,4-9H2,1-3H3. The molecule has 0 aromatic carbocycles. The average molecular weight is 242 g/mol. The van der Waals surface area contributed by atoms with E-state index in [1.54, 1.807) is 0 Å². The topological polar surface area (TPSA) is 23.6 Å². The van der Waals surface area contributed by atoms with Crippen LogP contribution >= 0.6 is 0 Å². The van der Waals surface area contributed by atoms with Gasteiger partial charge < -0.3 is 4.90 Å². The minimum atomic E-state index is -0.664. The number of alkyl halides is 1. The second kappa shape index (κ2) is 4.56. The average Bonchev–Trinajstić information content (AvgIpc) is 2.83. The molecule has 2 unspecified atom stereocenters. The van der Waals surface area contributed by atoms with E-state index in [0.717, 1.165) is 26.1 Å². The molecule has 2 rings (SSSR count). The second-order valence-electron chi connectivity index (χ2n) is 6.32. The number of halogens is 1. The Balaban J connectivity index is 1.89. The van der Waals surface area contributed by atoms with Gasteiger partial charge in [0, 0.05) is 37.6 Å². The Morgan fingerprint density at radius 2 is 1.88 bits per heavy atom. The van der Waals surface area contributed by atoms with Gasteiger partial charge in [0.15, 0.2) is 0 Å². The van der Waals surface area contributed by atoms with E-state index in [2.05, 4.69) is 4.90 Å². The minimum absolute atomic E-state index is 0.219. The lowest BCUT2D eigenvalue weighted by Gasteiger charge is -2.27. The number of likely N-dealkylation sites (tertiary alicyclic amines) is 2. The number of hydrogen-bond donors (Lipinski definition) is 0. The summed E-state index contributed by atoms with van der Waals surface area (Å²) in [5.74, 6) is 0.219. The monoisotopic (exact) mass is 242 g/mol. The Morgan fingerprint density at radius 3 is 2.41 bits per heavy atom. The number of nitrogens with zero attached hydrogens (tertiary/aromatic N) is 2. The Morgan fingerprint density at radius 1 is 1.18 bits per heavy atom. The number of rotatable bonds is 1. The van der Waals surface area contributed by atoms with Crippen LogP contribution in [-0.2, 0) is 4.79 Å². The van der Waals surface area contributed by atoms with E-state index < -0.39 is 6.17 Å². The lowest BCUT2D eigenvalue weighted by atomic mass is 9.95. The summed E-state index contributed by atoms with van der Waals surface area (Å²) in [6.45, 7) is 8.88. The zero-order valence-corrected chi connectivity index (χ0v) is 11.1. The molecule has 0 aliphatic carbocycles. The van der Waals surface area contributed by atoms with Gasteiger partial charge in [-0.1, -0.05) is 20.8 Å². The summed E-state index contributed by atoms with van der Waals surface area (Å²) in [4.78, 5) is 16.3. The molecule has 0 aromatic rings. The molecule has 0 bridgehead atoms. The molecule has 98 valence electrons. The maximum atomic E-state index is 13.1. The van der Waals surface area contributed by atoms with Crippen LogP contribution in [0.25, 0.3) is 0 Å². The molecular formula is C13H23FN2O. The molecule has 0 radical (unpaired) electrons.